The average molecular weight is 473 g/mol. The fourth-order valence-electron chi connectivity index (χ4n) is 4.69. The second kappa shape index (κ2) is 14.8. The summed E-state index contributed by atoms with van der Waals surface area (Å²) >= 11 is 2.04. The van der Waals surface area contributed by atoms with E-state index in [9.17, 15) is 4.79 Å². The van der Waals surface area contributed by atoms with Gasteiger partial charge in [0.25, 0.3) is 0 Å². The lowest BCUT2D eigenvalue weighted by Gasteiger charge is -2.28. The summed E-state index contributed by atoms with van der Waals surface area (Å²) in [4.78, 5) is 12.9. The molecule has 1 heterocycles. The number of hydrogen-bond donors (Lipinski definition) is 2. The first-order valence-electron chi connectivity index (χ1n) is 13.4. The molecule has 1 atom stereocenters. The molecule has 2 N–H and O–H groups in total. The molecule has 3 nitrogen and oxygen atoms in total. The smallest absolute Gasteiger partial charge is 0.319 e. The highest BCUT2D eigenvalue weighted by Gasteiger charge is 2.22. The number of para-hydroxylation sites is 1. The predicted octanol–water partition coefficient (Wildman–Crippen LogP) is 9.02. The summed E-state index contributed by atoms with van der Waals surface area (Å²) < 4.78 is 0. The highest BCUT2D eigenvalue weighted by molar-refractivity contribution is 8.00. The number of benzene rings is 1. The number of amides is 2. The van der Waals surface area contributed by atoms with E-state index in [1.165, 1.54) is 62.5 Å². The zero-order valence-corrected chi connectivity index (χ0v) is 22.9. The van der Waals surface area contributed by atoms with Gasteiger partial charge in [0, 0.05) is 23.2 Å². The Kier molecular flexibility index (Phi) is 12.4. The number of thioether (sulfide) groups is 1. The van der Waals surface area contributed by atoms with Crippen LogP contribution in [0, 0.1) is 0 Å². The Morgan fingerprint density at radius 1 is 0.939 bits per heavy atom. The number of rotatable bonds is 13. The van der Waals surface area contributed by atoms with E-state index < -0.39 is 0 Å². The highest BCUT2D eigenvalue weighted by atomic mass is 32.2. The molecule has 4 heteroatoms. The molecule has 0 saturated carbocycles. The summed E-state index contributed by atoms with van der Waals surface area (Å²) in [5, 5.41) is 6.88. The van der Waals surface area contributed by atoms with E-state index in [-0.39, 0.29) is 6.03 Å². The van der Waals surface area contributed by atoms with E-state index in [1.54, 1.807) is 11.1 Å². The molecule has 0 radical (unpaired) electrons. The van der Waals surface area contributed by atoms with Crippen LogP contribution in [-0.4, -0.2) is 23.6 Å². The van der Waals surface area contributed by atoms with Crippen LogP contribution < -0.4 is 10.6 Å². The van der Waals surface area contributed by atoms with Gasteiger partial charge < -0.3 is 10.6 Å². The van der Waals surface area contributed by atoms with Gasteiger partial charge in [-0.05, 0) is 55.1 Å². The SMILES string of the molecule is CCCCCC1=C(CCCCC)CC(CNC(=O)Nc2c(C(C)C)cccc2C(C)C)SC1. The summed E-state index contributed by atoms with van der Waals surface area (Å²) in [5.74, 6) is 1.89. The minimum atomic E-state index is -0.0733. The summed E-state index contributed by atoms with van der Waals surface area (Å²) in [6.45, 7) is 14.0. The van der Waals surface area contributed by atoms with Gasteiger partial charge in [-0.15, -0.1) is 0 Å². The van der Waals surface area contributed by atoms with E-state index >= 15 is 0 Å². The van der Waals surface area contributed by atoms with Gasteiger partial charge in [-0.1, -0.05) is 96.6 Å². The van der Waals surface area contributed by atoms with Crippen molar-refractivity contribution in [3.63, 3.8) is 0 Å². The number of anilines is 1. The lowest BCUT2D eigenvalue weighted by atomic mass is 9.93. The fraction of sp³-hybridized carbons (Fsp3) is 0.690. The first kappa shape index (κ1) is 27.8. The lowest BCUT2D eigenvalue weighted by Crippen LogP contribution is -2.36. The number of hydrogen-bond acceptors (Lipinski definition) is 2. The maximum Gasteiger partial charge on any atom is 0.319 e. The average Bonchev–Trinajstić information content (AvgIpc) is 2.79. The van der Waals surface area contributed by atoms with Crippen LogP contribution >= 0.6 is 11.8 Å². The van der Waals surface area contributed by atoms with Crippen molar-refractivity contribution in [3.8, 4) is 0 Å². The van der Waals surface area contributed by atoms with E-state index in [4.69, 9.17) is 0 Å². The topological polar surface area (TPSA) is 41.1 Å². The van der Waals surface area contributed by atoms with Gasteiger partial charge in [-0.2, -0.15) is 11.8 Å². The summed E-state index contributed by atoms with van der Waals surface area (Å²) in [7, 11) is 0. The van der Waals surface area contributed by atoms with Crippen LogP contribution in [0.4, 0.5) is 10.5 Å². The molecule has 1 aliphatic heterocycles. The second-order valence-corrected chi connectivity index (χ2v) is 11.5. The number of urea groups is 1. The Hall–Kier alpha value is -1.42. The van der Waals surface area contributed by atoms with Crippen LogP contribution in [0.15, 0.2) is 29.3 Å². The quantitative estimate of drug-likeness (QED) is 0.222. The van der Waals surface area contributed by atoms with Gasteiger partial charge in [-0.25, -0.2) is 4.79 Å². The lowest BCUT2D eigenvalue weighted by molar-refractivity contribution is 0.252. The van der Waals surface area contributed by atoms with Gasteiger partial charge in [-0.3, -0.25) is 0 Å². The minimum absolute atomic E-state index is 0.0733. The standard InChI is InChI=1S/C29H48N2OS/c1-7-9-11-14-23-18-25(33-20-24(23)15-12-10-8-2)19-30-29(32)31-28-26(21(3)4)16-13-17-27(28)22(5)6/h13,16-17,21-22,25H,7-12,14-15,18-20H2,1-6H3,(H2,30,31,32). The first-order chi connectivity index (χ1) is 15.9. The van der Waals surface area contributed by atoms with Crippen molar-refractivity contribution in [2.24, 2.45) is 0 Å². The van der Waals surface area contributed by atoms with Gasteiger partial charge >= 0.3 is 6.03 Å². The van der Waals surface area contributed by atoms with E-state index in [2.05, 4.69) is 70.4 Å². The molecule has 0 saturated heterocycles. The number of nitrogens with one attached hydrogen (secondary N) is 2. The van der Waals surface area contributed by atoms with Crippen molar-refractivity contribution in [1.82, 2.24) is 5.32 Å². The molecule has 0 aliphatic carbocycles. The molecule has 1 aromatic carbocycles. The summed E-state index contributed by atoms with van der Waals surface area (Å²) in [6, 6.07) is 6.31. The number of carbonyl (C=O) groups excluding carboxylic acids is 1. The third-order valence-electron chi connectivity index (χ3n) is 6.73. The Balaban J connectivity index is 1.99. The Morgan fingerprint density at radius 3 is 2.06 bits per heavy atom. The molecule has 0 bridgehead atoms. The van der Waals surface area contributed by atoms with E-state index in [1.807, 2.05) is 11.8 Å². The molecule has 1 aromatic rings. The molecule has 33 heavy (non-hydrogen) atoms. The monoisotopic (exact) mass is 472 g/mol. The third kappa shape index (κ3) is 9.03. The van der Waals surface area contributed by atoms with Crippen LogP contribution in [0.3, 0.4) is 0 Å². The maximum atomic E-state index is 12.9. The summed E-state index contributed by atoms with van der Waals surface area (Å²) in [5.41, 5.74) is 6.81. The number of allylic oxidation sites excluding steroid dienone is 1. The van der Waals surface area contributed by atoms with Gasteiger partial charge in [0.2, 0.25) is 0 Å². The molecule has 0 fully saturated rings. The highest BCUT2D eigenvalue weighted by Crippen LogP contribution is 2.35. The molecule has 186 valence electrons. The van der Waals surface area contributed by atoms with Gasteiger partial charge in [0.15, 0.2) is 0 Å². The van der Waals surface area contributed by atoms with Crippen LogP contribution in [0.1, 0.15) is 122 Å². The zero-order chi connectivity index (χ0) is 24.2. The molecular formula is C29H48N2OS. The van der Waals surface area contributed by atoms with E-state index in [0.717, 1.165) is 24.4 Å². The van der Waals surface area contributed by atoms with Crippen molar-refractivity contribution < 1.29 is 4.79 Å². The predicted molar refractivity (Wildman–Crippen MR) is 148 cm³/mol. The molecule has 2 amide bonds. The van der Waals surface area contributed by atoms with Gasteiger partial charge in [0.05, 0.1) is 0 Å². The fourth-order valence-corrected chi connectivity index (χ4v) is 6.00. The minimum Gasteiger partial charge on any atom is -0.337 e. The largest absolute Gasteiger partial charge is 0.337 e. The molecule has 1 unspecified atom stereocenters. The Bertz CT molecular complexity index is 743. The normalized spacial score (nSPS) is 16.5. The molecule has 2 rings (SSSR count). The van der Waals surface area contributed by atoms with Crippen molar-refractivity contribution in [2.45, 2.75) is 116 Å². The van der Waals surface area contributed by atoms with Crippen LogP contribution in [0.25, 0.3) is 0 Å². The van der Waals surface area contributed by atoms with Crippen molar-refractivity contribution >= 4 is 23.5 Å². The van der Waals surface area contributed by atoms with Crippen LogP contribution in [0.5, 0.6) is 0 Å². The Labute approximate surface area is 208 Å². The molecule has 0 spiro atoms. The van der Waals surface area contributed by atoms with E-state index in [0.29, 0.717) is 17.1 Å². The first-order valence-corrected chi connectivity index (χ1v) is 14.4. The van der Waals surface area contributed by atoms with Gasteiger partial charge in [0.1, 0.15) is 0 Å². The molecule has 1 aliphatic rings. The number of carbonyl (C=O) groups is 1. The van der Waals surface area contributed by atoms with Crippen molar-refractivity contribution in [1.29, 1.82) is 0 Å². The van der Waals surface area contributed by atoms with Crippen LogP contribution in [0.2, 0.25) is 0 Å². The maximum absolute atomic E-state index is 12.9. The van der Waals surface area contributed by atoms with Crippen molar-refractivity contribution in [2.75, 3.05) is 17.6 Å². The number of unbranched alkanes of at least 4 members (excludes halogenated alkanes) is 4. The van der Waals surface area contributed by atoms with Crippen molar-refractivity contribution in [3.05, 3.63) is 40.5 Å². The van der Waals surface area contributed by atoms with Crippen LogP contribution in [-0.2, 0) is 0 Å². The molecular weight excluding hydrogens is 424 g/mol. The third-order valence-corrected chi connectivity index (χ3v) is 8.05. The zero-order valence-electron chi connectivity index (χ0n) is 22.1. The Morgan fingerprint density at radius 2 is 1.52 bits per heavy atom. The second-order valence-electron chi connectivity index (χ2n) is 10.2. The summed E-state index contributed by atoms with van der Waals surface area (Å²) in [6.07, 6.45) is 11.5. The molecule has 0 aromatic heterocycles.